The summed E-state index contributed by atoms with van der Waals surface area (Å²) in [6.07, 6.45) is 3.42. The number of nitrogens with zero attached hydrogens (tertiary/aromatic N) is 2. The number of aromatic nitrogens is 2. The maximum absolute atomic E-state index is 6.03. The minimum Gasteiger partial charge on any atom is -0.384 e. The van der Waals surface area contributed by atoms with Gasteiger partial charge in [-0.2, -0.15) is 5.10 Å². The zero-order chi connectivity index (χ0) is 11.2. The van der Waals surface area contributed by atoms with Crippen molar-refractivity contribution in [1.82, 2.24) is 9.78 Å². The van der Waals surface area contributed by atoms with Crippen molar-refractivity contribution in [3.63, 3.8) is 0 Å². The number of nitrogens with two attached hydrogens (primary N) is 1. The number of rotatable bonds is 0. The summed E-state index contributed by atoms with van der Waals surface area (Å²) in [7, 11) is 1.93. The Kier molecular flexibility index (Phi) is 2.28. The molecule has 2 rings (SSSR count). The summed E-state index contributed by atoms with van der Waals surface area (Å²) < 4.78 is 1.82. The predicted octanol–water partition coefficient (Wildman–Crippen LogP) is 2.15. The van der Waals surface area contributed by atoms with E-state index in [4.69, 9.17) is 5.73 Å². The molecule has 0 fully saturated rings. The molecule has 2 N–H and O–H groups in total. The highest BCUT2D eigenvalue weighted by molar-refractivity contribution is 5.44. The highest BCUT2D eigenvalue weighted by Crippen LogP contribution is 2.38. The van der Waals surface area contributed by atoms with Crippen LogP contribution in [-0.4, -0.2) is 9.78 Å². The molecule has 0 amide bonds. The Morgan fingerprint density at radius 1 is 1.40 bits per heavy atom. The minimum atomic E-state index is 0.375. The van der Waals surface area contributed by atoms with Crippen LogP contribution in [0.2, 0.25) is 0 Å². The van der Waals surface area contributed by atoms with Gasteiger partial charge in [0.05, 0.1) is 5.69 Å². The second-order valence-electron chi connectivity index (χ2n) is 5.74. The number of aryl methyl sites for hydroxylation is 2. The molecule has 1 aliphatic rings. The van der Waals surface area contributed by atoms with Crippen LogP contribution >= 0.6 is 0 Å². The number of hydrogen-bond donors (Lipinski definition) is 1. The molecular weight excluding hydrogens is 186 g/mol. The van der Waals surface area contributed by atoms with Crippen molar-refractivity contribution in [2.45, 2.75) is 40.0 Å². The smallest absolute Gasteiger partial charge is 0.124 e. The van der Waals surface area contributed by atoms with Gasteiger partial charge in [-0.3, -0.25) is 4.68 Å². The molecule has 84 valence electrons. The Morgan fingerprint density at radius 3 is 2.67 bits per heavy atom. The van der Waals surface area contributed by atoms with Crippen molar-refractivity contribution in [2.24, 2.45) is 18.4 Å². The first kappa shape index (κ1) is 10.5. The lowest BCUT2D eigenvalue weighted by Gasteiger charge is -2.33. The van der Waals surface area contributed by atoms with E-state index >= 15 is 0 Å². The van der Waals surface area contributed by atoms with Crippen LogP contribution in [0.25, 0.3) is 0 Å². The SMILES string of the molecule is Cn1nc2c(c1N)CC(C(C)(C)C)CC2. The van der Waals surface area contributed by atoms with Crippen molar-refractivity contribution in [2.75, 3.05) is 5.73 Å². The lowest BCUT2D eigenvalue weighted by molar-refractivity contribution is 0.216. The molecule has 1 unspecified atom stereocenters. The molecule has 0 saturated carbocycles. The van der Waals surface area contributed by atoms with Gasteiger partial charge in [0.25, 0.3) is 0 Å². The molecule has 1 aromatic rings. The fourth-order valence-electron chi connectivity index (χ4n) is 2.46. The van der Waals surface area contributed by atoms with Gasteiger partial charge in [-0.1, -0.05) is 20.8 Å². The van der Waals surface area contributed by atoms with Crippen molar-refractivity contribution < 1.29 is 0 Å². The molecule has 3 heteroatoms. The zero-order valence-electron chi connectivity index (χ0n) is 10.2. The first-order chi connectivity index (χ1) is 6.89. The summed E-state index contributed by atoms with van der Waals surface area (Å²) in [5.74, 6) is 1.59. The van der Waals surface area contributed by atoms with Crippen molar-refractivity contribution in [3.05, 3.63) is 11.3 Å². The second-order valence-corrected chi connectivity index (χ2v) is 5.74. The number of fused-ring (bicyclic) bond motifs is 1. The zero-order valence-corrected chi connectivity index (χ0v) is 10.2. The molecule has 1 aromatic heterocycles. The molecule has 15 heavy (non-hydrogen) atoms. The van der Waals surface area contributed by atoms with Crippen LogP contribution in [-0.2, 0) is 19.9 Å². The first-order valence-corrected chi connectivity index (χ1v) is 5.70. The van der Waals surface area contributed by atoms with Gasteiger partial charge in [0.15, 0.2) is 0 Å². The quantitative estimate of drug-likeness (QED) is 0.708. The summed E-state index contributed by atoms with van der Waals surface area (Å²) in [4.78, 5) is 0. The van der Waals surface area contributed by atoms with Gasteiger partial charge in [-0.05, 0) is 30.6 Å². The van der Waals surface area contributed by atoms with Crippen LogP contribution in [0.15, 0.2) is 0 Å². The number of hydrogen-bond acceptors (Lipinski definition) is 2. The molecule has 3 nitrogen and oxygen atoms in total. The van der Waals surface area contributed by atoms with Gasteiger partial charge < -0.3 is 5.73 Å². The molecule has 1 heterocycles. The summed E-state index contributed by atoms with van der Waals surface area (Å²) >= 11 is 0. The average Bonchev–Trinajstić information content (AvgIpc) is 2.41. The fraction of sp³-hybridized carbons (Fsp3) is 0.750. The van der Waals surface area contributed by atoms with Gasteiger partial charge in [0.1, 0.15) is 5.82 Å². The van der Waals surface area contributed by atoms with Crippen LogP contribution < -0.4 is 5.73 Å². The highest BCUT2D eigenvalue weighted by atomic mass is 15.3. The van der Waals surface area contributed by atoms with Crippen LogP contribution in [0.4, 0.5) is 5.82 Å². The van der Waals surface area contributed by atoms with Gasteiger partial charge in [-0.15, -0.1) is 0 Å². The number of nitrogen functional groups attached to an aromatic ring is 1. The topological polar surface area (TPSA) is 43.8 Å². The average molecular weight is 207 g/mol. The third-order valence-corrected chi connectivity index (χ3v) is 3.68. The predicted molar refractivity (Wildman–Crippen MR) is 62.6 cm³/mol. The number of anilines is 1. The summed E-state index contributed by atoms with van der Waals surface area (Å²) in [6, 6.07) is 0. The van der Waals surface area contributed by atoms with E-state index < -0.39 is 0 Å². The van der Waals surface area contributed by atoms with E-state index in [9.17, 15) is 0 Å². The van der Waals surface area contributed by atoms with Crippen LogP contribution in [0.1, 0.15) is 38.4 Å². The van der Waals surface area contributed by atoms with Gasteiger partial charge in [-0.25, -0.2) is 0 Å². The van der Waals surface area contributed by atoms with E-state index in [1.54, 1.807) is 0 Å². The van der Waals surface area contributed by atoms with Gasteiger partial charge >= 0.3 is 0 Å². The Balaban J connectivity index is 2.30. The molecular formula is C12H21N3. The molecule has 0 spiro atoms. The molecule has 0 aliphatic heterocycles. The van der Waals surface area contributed by atoms with Crippen molar-refractivity contribution in [1.29, 1.82) is 0 Å². The van der Waals surface area contributed by atoms with E-state index in [-0.39, 0.29) is 0 Å². The lowest BCUT2D eigenvalue weighted by Crippen LogP contribution is -2.26. The van der Waals surface area contributed by atoms with Gasteiger partial charge in [0, 0.05) is 12.6 Å². The largest absolute Gasteiger partial charge is 0.384 e. The monoisotopic (exact) mass is 207 g/mol. The van der Waals surface area contributed by atoms with E-state index in [2.05, 4.69) is 25.9 Å². The third kappa shape index (κ3) is 1.75. The van der Waals surface area contributed by atoms with Crippen LogP contribution in [0.3, 0.4) is 0 Å². The summed E-state index contributed by atoms with van der Waals surface area (Å²) in [5.41, 5.74) is 8.92. The van der Waals surface area contributed by atoms with Crippen LogP contribution in [0, 0.1) is 11.3 Å². The molecule has 0 radical (unpaired) electrons. The Hall–Kier alpha value is -0.990. The second kappa shape index (κ2) is 3.26. The first-order valence-electron chi connectivity index (χ1n) is 5.70. The van der Waals surface area contributed by atoms with Crippen molar-refractivity contribution >= 4 is 5.82 Å². The summed E-state index contributed by atoms with van der Waals surface area (Å²) in [6.45, 7) is 6.94. The third-order valence-electron chi connectivity index (χ3n) is 3.68. The minimum absolute atomic E-state index is 0.375. The Labute approximate surface area is 91.7 Å². The maximum atomic E-state index is 6.03. The van der Waals surface area contributed by atoms with E-state index in [1.165, 1.54) is 17.7 Å². The molecule has 0 saturated heterocycles. The molecule has 0 bridgehead atoms. The van der Waals surface area contributed by atoms with Gasteiger partial charge in [0.2, 0.25) is 0 Å². The molecule has 1 atom stereocenters. The van der Waals surface area contributed by atoms with Crippen molar-refractivity contribution in [3.8, 4) is 0 Å². The fourth-order valence-corrected chi connectivity index (χ4v) is 2.46. The molecule has 1 aliphatic carbocycles. The Morgan fingerprint density at radius 2 is 2.07 bits per heavy atom. The van der Waals surface area contributed by atoms with E-state index in [0.29, 0.717) is 5.41 Å². The van der Waals surface area contributed by atoms with Crippen LogP contribution in [0.5, 0.6) is 0 Å². The Bertz CT molecular complexity index is 371. The molecule has 0 aromatic carbocycles. The highest BCUT2D eigenvalue weighted by Gasteiger charge is 2.31. The normalized spacial score (nSPS) is 21.5. The summed E-state index contributed by atoms with van der Waals surface area (Å²) in [5, 5.41) is 4.46. The van der Waals surface area contributed by atoms with E-state index in [0.717, 1.165) is 24.6 Å². The van der Waals surface area contributed by atoms with E-state index in [1.807, 2.05) is 11.7 Å². The standard InChI is InChI=1S/C12H21N3/c1-12(2,3)8-5-6-10-9(7-8)11(13)15(4)14-10/h8H,5-7,13H2,1-4H3. The maximum Gasteiger partial charge on any atom is 0.124 e. The lowest BCUT2D eigenvalue weighted by atomic mass is 9.72.